The Balaban J connectivity index is 1.39. The van der Waals surface area contributed by atoms with Crippen LogP contribution in [0.1, 0.15) is 86.5 Å². The Morgan fingerprint density at radius 1 is 1.07 bits per heavy atom. The molecule has 2 aromatic rings. The van der Waals surface area contributed by atoms with E-state index in [9.17, 15) is 32.7 Å². The average Bonchev–Trinajstić information content (AvgIpc) is 4.02. The monoisotopic (exact) mass is 768 g/mol. The summed E-state index contributed by atoms with van der Waals surface area (Å²) in [6, 6.07) is 4.94. The van der Waals surface area contributed by atoms with E-state index in [2.05, 4.69) is 27.2 Å². The predicted octanol–water partition coefficient (Wildman–Crippen LogP) is 4.02. The molecule has 0 radical (unpaired) electrons. The lowest BCUT2D eigenvalue weighted by Gasteiger charge is -2.43. The number of sulfonamides is 1. The number of allylic oxidation sites excluding steroid dienone is 1. The van der Waals surface area contributed by atoms with Crippen LogP contribution in [0.15, 0.2) is 36.4 Å². The summed E-state index contributed by atoms with van der Waals surface area (Å²) in [6.45, 7) is 11.2. The van der Waals surface area contributed by atoms with E-state index in [4.69, 9.17) is 9.47 Å². The van der Waals surface area contributed by atoms with Gasteiger partial charge >= 0.3 is 6.09 Å². The highest BCUT2D eigenvalue weighted by atomic mass is 32.2. The van der Waals surface area contributed by atoms with E-state index < -0.39 is 80.2 Å². The third-order valence-corrected chi connectivity index (χ3v) is 12.8. The molecule has 3 fully saturated rings. The Kier molecular flexibility index (Phi) is 10.9. The minimum absolute atomic E-state index is 0.0144. The molecule has 4 amide bonds. The van der Waals surface area contributed by atoms with Crippen LogP contribution in [0.4, 0.5) is 4.79 Å². The van der Waals surface area contributed by atoms with Gasteiger partial charge in [0.05, 0.1) is 29.2 Å². The van der Waals surface area contributed by atoms with Gasteiger partial charge in [-0.25, -0.2) is 13.2 Å². The molecule has 7 atom stereocenters. The van der Waals surface area contributed by atoms with Crippen LogP contribution in [0, 0.1) is 17.8 Å². The lowest BCUT2D eigenvalue weighted by Crippen LogP contribution is -2.62. The molecule has 1 aromatic carbocycles. The van der Waals surface area contributed by atoms with E-state index in [1.54, 1.807) is 26.8 Å². The fourth-order valence-electron chi connectivity index (χ4n) is 8.01. The van der Waals surface area contributed by atoms with E-state index in [1.807, 2.05) is 44.2 Å². The first-order chi connectivity index (χ1) is 25.5. The number of carboxylic acid groups (broad SMARTS) is 1. The summed E-state index contributed by atoms with van der Waals surface area (Å²) in [5, 5.41) is 22.6. The molecule has 0 unspecified atom stereocenters. The molecule has 2 aliphatic heterocycles. The van der Waals surface area contributed by atoms with Crippen LogP contribution in [0.2, 0.25) is 0 Å². The molecular formula is C38H52N6O9S. The fraction of sp³-hybridized carbons (Fsp3) is 0.632. The van der Waals surface area contributed by atoms with Gasteiger partial charge in [0.1, 0.15) is 23.7 Å². The number of carbonyl (C=O) groups excluding carboxylic acids is 3. The quantitative estimate of drug-likeness (QED) is 0.328. The highest BCUT2D eigenvalue weighted by Crippen LogP contribution is 2.46. The number of nitrogens with zero attached hydrogens (tertiary/aromatic N) is 4. The fourth-order valence-corrected chi connectivity index (χ4v) is 9.37. The number of benzene rings is 1. The molecule has 3 N–H and O–H groups in total. The van der Waals surface area contributed by atoms with Crippen LogP contribution in [0.5, 0.6) is 11.8 Å². The van der Waals surface area contributed by atoms with Crippen LogP contribution < -0.4 is 19.5 Å². The summed E-state index contributed by atoms with van der Waals surface area (Å²) >= 11 is 0. The lowest BCUT2D eigenvalue weighted by molar-refractivity contribution is -0.146. The molecule has 3 heterocycles. The second kappa shape index (κ2) is 15.0. The molecule has 16 heteroatoms. The van der Waals surface area contributed by atoms with Gasteiger partial charge in [-0.3, -0.25) is 24.0 Å². The highest BCUT2D eigenvalue weighted by molar-refractivity contribution is 7.91. The maximum atomic E-state index is 15.0. The van der Waals surface area contributed by atoms with E-state index in [-0.39, 0.29) is 31.2 Å². The van der Waals surface area contributed by atoms with Gasteiger partial charge in [-0.05, 0) is 90.2 Å². The largest absolute Gasteiger partial charge is 0.476 e. The molecule has 1 aromatic heterocycles. The molecule has 15 nitrogen and oxygen atoms in total. The van der Waals surface area contributed by atoms with Gasteiger partial charge in [-0.1, -0.05) is 38.1 Å². The standard InChI is InChI=1S/C38H52N6O9S/c1-7-52-32-27-14-10-11-15-28(27)33(41-40-32)53-25-19-29-31(45)39-38(35(47)42-54(50,51)26-16-17-26)20-24(38)13-9-8-12-22(2)18-23(3)30(34(46)43(29)21-25)44(36(48)49)37(4,5)6/h9-11,13-15,22-26,29-30H,7-8,12,16-21H2,1-6H3,(H,39,45)(H,42,47)(H,48,49)/t22-,23+,24+,25+,29-,30-,38+/m0/s1. The van der Waals surface area contributed by atoms with Crippen molar-refractivity contribution in [3.8, 4) is 11.8 Å². The smallest absolute Gasteiger partial charge is 0.408 e. The van der Waals surface area contributed by atoms with Crippen molar-refractivity contribution in [3.05, 3.63) is 36.4 Å². The minimum atomic E-state index is -3.92. The Morgan fingerprint density at radius 2 is 1.74 bits per heavy atom. The molecule has 1 saturated heterocycles. The van der Waals surface area contributed by atoms with Gasteiger partial charge in [0, 0.05) is 17.9 Å². The molecular weight excluding hydrogens is 717 g/mol. The van der Waals surface area contributed by atoms with E-state index >= 15 is 0 Å². The maximum absolute atomic E-state index is 15.0. The Labute approximate surface area is 316 Å². The molecule has 2 saturated carbocycles. The molecule has 6 rings (SSSR count). The van der Waals surface area contributed by atoms with Crippen molar-refractivity contribution in [3.63, 3.8) is 0 Å². The summed E-state index contributed by atoms with van der Waals surface area (Å²) in [6.07, 6.45) is 4.75. The van der Waals surface area contributed by atoms with Crippen molar-refractivity contribution in [1.29, 1.82) is 0 Å². The summed E-state index contributed by atoms with van der Waals surface area (Å²) in [7, 11) is -3.92. The Hall–Kier alpha value is -4.47. The van der Waals surface area contributed by atoms with E-state index in [0.29, 0.717) is 48.9 Å². The van der Waals surface area contributed by atoms with Crippen LogP contribution in [-0.4, -0.2) is 105 Å². The summed E-state index contributed by atoms with van der Waals surface area (Å²) in [5.74, 6) is -2.33. The zero-order valence-corrected chi connectivity index (χ0v) is 32.6. The lowest BCUT2D eigenvalue weighted by atomic mass is 9.85. The third-order valence-electron chi connectivity index (χ3n) is 11.0. The van der Waals surface area contributed by atoms with Crippen LogP contribution in [0.3, 0.4) is 0 Å². The van der Waals surface area contributed by atoms with Crippen molar-refractivity contribution < 1.29 is 42.2 Å². The normalized spacial score (nSPS) is 29.3. The van der Waals surface area contributed by atoms with Crippen molar-refractivity contribution >= 4 is 44.6 Å². The maximum Gasteiger partial charge on any atom is 0.408 e. The second-order valence-electron chi connectivity index (χ2n) is 16.3. The minimum Gasteiger partial charge on any atom is -0.476 e. The number of rotatable bonds is 8. The van der Waals surface area contributed by atoms with Crippen LogP contribution >= 0.6 is 0 Å². The predicted molar refractivity (Wildman–Crippen MR) is 199 cm³/mol. The Bertz CT molecular complexity index is 1930. The van der Waals surface area contributed by atoms with Gasteiger partial charge in [0.25, 0.3) is 5.91 Å². The van der Waals surface area contributed by atoms with Crippen LogP contribution in [-0.2, 0) is 24.4 Å². The third kappa shape index (κ3) is 7.98. The summed E-state index contributed by atoms with van der Waals surface area (Å²) in [5.41, 5.74) is -2.52. The number of nitrogens with one attached hydrogen (secondary N) is 2. The van der Waals surface area contributed by atoms with Gasteiger partial charge in [0.15, 0.2) is 0 Å². The number of ether oxygens (including phenoxy) is 2. The molecule has 2 aliphatic carbocycles. The van der Waals surface area contributed by atoms with Gasteiger partial charge < -0.3 is 24.8 Å². The van der Waals surface area contributed by atoms with E-state index in [0.717, 1.165) is 6.42 Å². The highest BCUT2D eigenvalue weighted by Gasteiger charge is 2.62. The molecule has 0 bridgehead atoms. The van der Waals surface area contributed by atoms with Crippen molar-refractivity contribution in [1.82, 2.24) is 30.0 Å². The molecule has 4 aliphatic rings. The number of fused-ring (bicyclic) bond motifs is 3. The molecule has 0 spiro atoms. The second-order valence-corrected chi connectivity index (χ2v) is 18.3. The van der Waals surface area contributed by atoms with Crippen LogP contribution in [0.25, 0.3) is 10.8 Å². The Morgan fingerprint density at radius 3 is 2.37 bits per heavy atom. The SMILES string of the molecule is CCOc1nnc(O[C@@H]2C[C@H]3C(=O)N[C@]4(C(=O)NS(=O)(=O)C5CC5)C[C@H]4C=CCC[C@H](C)C[C@@H](C)[C@H](N(C(=O)O)C(C)(C)C)C(=O)N3C2)c2ccccc12. The number of carbonyl (C=O) groups is 4. The number of aromatic nitrogens is 2. The topological polar surface area (TPSA) is 197 Å². The van der Waals surface area contributed by atoms with Gasteiger partial charge in [-0.2, -0.15) is 0 Å². The molecule has 54 heavy (non-hydrogen) atoms. The first-order valence-corrected chi connectivity index (χ1v) is 20.4. The van der Waals surface area contributed by atoms with E-state index in [1.165, 1.54) is 9.80 Å². The first-order valence-electron chi connectivity index (χ1n) is 18.9. The van der Waals surface area contributed by atoms with Gasteiger partial charge in [-0.15, -0.1) is 10.2 Å². The average molecular weight is 769 g/mol. The zero-order chi connectivity index (χ0) is 39.2. The number of hydrogen-bond donors (Lipinski definition) is 3. The van der Waals surface area contributed by atoms with Crippen molar-refractivity contribution in [2.24, 2.45) is 17.8 Å². The number of amides is 4. The summed E-state index contributed by atoms with van der Waals surface area (Å²) < 4.78 is 40.1. The zero-order valence-electron chi connectivity index (χ0n) is 31.8. The first kappa shape index (κ1) is 39.2. The van der Waals surface area contributed by atoms with Gasteiger partial charge in [0.2, 0.25) is 33.6 Å². The number of hydrogen-bond acceptors (Lipinski definition) is 10. The molecule has 294 valence electrons. The summed E-state index contributed by atoms with van der Waals surface area (Å²) in [4.78, 5) is 58.8. The van der Waals surface area contributed by atoms with Crippen molar-refractivity contribution in [2.45, 2.75) is 121 Å². The van der Waals surface area contributed by atoms with Crippen molar-refractivity contribution in [2.75, 3.05) is 13.2 Å².